The van der Waals surface area contributed by atoms with Crippen molar-refractivity contribution >= 4 is 5.91 Å². The molecule has 80 valence electrons. The summed E-state index contributed by atoms with van der Waals surface area (Å²) < 4.78 is 0. The molecule has 1 amide bonds. The van der Waals surface area contributed by atoms with Crippen molar-refractivity contribution in [1.82, 2.24) is 4.90 Å². The molecule has 0 radical (unpaired) electrons. The van der Waals surface area contributed by atoms with Gasteiger partial charge in [-0.15, -0.1) is 0 Å². The summed E-state index contributed by atoms with van der Waals surface area (Å²) in [6, 6.07) is 9.85. The van der Waals surface area contributed by atoms with Gasteiger partial charge in [0.15, 0.2) is 0 Å². The molecule has 1 aliphatic rings. The molecular formula is C12H16N2O. The highest BCUT2D eigenvalue weighted by molar-refractivity contribution is 5.79. The van der Waals surface area contributed by atoms with E-state index in [2.05, 4.69) is 0 Å². The van der Waals surface area contributed by atoms with Crippen LogP contribution in [0.2, 0.25) is 0 Å². The molecule has 1 aromatic carbocycles. The second-order valence-electron chi connectivity index (χ2n) is 4.06. The second kappa shape index (κ2) is 4.45. The summed E-state index contributed by atoms with van der Waals surface area (Å²) in [5.41, 5.74) is 6.59. The van der Waals surface area contributed by atoms with E-state index < -0.39 is 0 Å². The summed E-state index contributed by atoms with van der Waals surface area (Å²) in [5, 5.41) is 0. The lowest BCUT2D eigenvalue weighted by atomic mass is 9.99. The summed E-state index contributed by atoms with van der Waals surface area (Å²) in [4.78, 5) is 13.6. The third-order valence-corrected chi connectivity index (χ3v) is 2.84. The van der Waals surface area contributed by atoms with Crippen LogP contribution < -0.4 is 5.73 Å². The van der Waals surface area contributed by atoms with Gasteiger partial charge < -0.3 is 10.6 Å². The third-order valence-electron chi connectivity index (χ3n) is 2.84. The Morgan fingerprint density at radius 3 is 2.60 bits per heavy atom. The molecule has 0 spiro atoms. The van der Waals surface area contributed by atoms with E-state index >= 15 is 0 Å². The molecule has 0 atom stereocenters. The maximum atomic E-state index is 11.7. The predicted molar refractivity (Wildman–Crippen MR) is 59.3 cm³/mol. The number of hydrogen-bond donors (Lipinski definition) is 1. The van der Waals surface area contributed by atoms with Gasteiger partial charge in [-0.1, -0.05) is 30.3 Å². The van der Waals surface area contributed by atoms with E-state index in [4.69, 9.17) is 5.73 Å². The lowest BCUT2D eigenvalue weighted by molar-refractivity contribution is -0.136. The highest BCUT2D eigenvalue weighted by Crippen LogP contribution is 2.15. The molecule has 0 aliphatic carbocycles. The summed E-state index contributed by atoms with van der Waals surface area (Å²) in [6.45, 7) is 2.36. The predicted octanol–water partition coefficient (Wildman–Crippen LogP) is 0.646. The van der Waals surface area contributed by atoms with Crippen LogP contribution >= 0.6 is 0 Å². The molecule has 0 unspecified atom stereocenters. The average Bonchev–Trinajstić information content (AvgIpc) is 2.17. The van der Waals surface area contributed by atoms with Crippen molar-refractivity contribution in [1.29, 1.82) is 0 Å². The van der Waals surface area contributed by atoms with Gasteiger partial charge in [0.2, 0.25) is 5.91 Å². The molecule has 15 heavy (non-hydrogen) atoms. The number of nitrogens with zero attached hydrogens (tertiary/aromatic N) is 1. The van der Waals surface area contributed by atoms with Crippen LogP contribution in [0, 0.1) is 5.92 Å². The first kappa shape index (κ1) is 10.2. The lowest BCUT2D eigenvalue weighted by Gasteiger charge is -2.38. The highest BCUT2D eigenvalue weighted by atomic mass is 16.2. The van der Waals surface area contributed by atoms with Crippen molar-refractivity contribution in [3.63, 3.8) is 0 Å². The molecule has 3 nitrogen and oxygen atoms in total. The quantitative estimate of drug-likeness (QED) is 0.785. The molecule has 1 aromatic rings. The van der Waals surface area contributed by atoms with Crippen LogP contribution in [0.5, 0.6) is 0 Å². The van der Waals surface area contributed by atoms with Crippen LogP contribution in [0.4, 0.5) is 0 Å². The fraction of sp³-hybridized carbons (Fsp3) is 0.417. The molecule has 3 heteroatoms. The van der Waals surface area contributed by atoms with Gasteiger partial charge in [-0.25, -0.2) is 0 Å². The van der Waals surface area contributed by atoms with Gasteiger partial charge in [0, 0.05) is 19.0 Å². The molecular weight excluding hydrogens is 188 g/mol. The first-order valence-electron chi connectivity index (χ1n) is 5.31. The maximum absolute atomic E-state index is 11.7. The Bertz CT molecular complexity index is 331. The Morgan fingerprint density at radius 1 is 1.33 bits per heavy atom. The van der Waals surface area contributed by atoms with Gasteiger partial charge in [0.05, 0.1) is 6.42 Å². The largest absolute Gasteiger partial charge is 0.342 e. The summed E-state index contributed by atoms with van der Waals surface area (Å²) in [5.74, 6) is 0.732. The molecule has 1 heterocycles. The Morgan fingerprint density at radius 2 is 2.00 bits per heavy atom. The number of rotatable bonds is 3. The molecule has 1 fully saturated rings. The van der Waals surface area contributed by atoms with Gasteiger partial charge in [0.25, 0.3) is 0 Å². The van der Waals surface area contributed by atoms with Crippen LogP contribution in [0.25, 0.3) is 0 Å². The van der Waals surface area contributed by atoms with Crippen LogP contribution in [-0.2, 0) is 11.2 Å². The van der Waals surface area contributed by atoms with Gasteiger partial charge in [-0.05, 0) is 12.1 Å². The zero-order valence-electron chi connectivity index (χ0n) is 8.73. The van der Waals surface area contributed by atoms with Crippen LogP contribution in [0.3, 0.4) is 0 Å². The van der Waals surface area contributed by atoms with E-state index in [0.29, 0.717) is 18.9 Å². The average molecular weight is 204 g/mol. The molecule has 0 bridgehead atoms. The number of hydrogen-bond acceptors (Lipinski definition) is 2. The second-order valence-corrected chi connectivity index (χ2v) is 4.06. The zero-order valence-corrected chi connectivity index (χ0v) is 8.73. The van der Waals surface area contributed by atoms with E-state index in [1.165, 1.54) is 0 Å². The summed E-state index contributed by atoms with van der Waals surface area (Å²) in [7, 11) is 0. The smallest absolute Gasteiger partial charge is 0.227 e. The van der Waals surface area contributed by atoms with Gasteiger partial charge >= 0.3 is 0 Å². The normalized spacial score (nSPS) is 16.2. The number of amides is 1. The highest BCUT2D eigenvalue weighted by Gasteiger charge is 2.28. The number of nitrogens with two attached hydrogens (primary N) is 1. The fourth-order valence-corrected chi connectivity index (χ4v) is 1.80. The van der Waals surface area contributed by atoms with Gasteiger partial charge in [0.1, 0.15) is 0 Å². The van der Waals surface area contributed by atoms with Gasteiger partial charge in [-0.3, -0.25) is 4.79 Å². The first-order chi connectivity index (χ1) is 7.29. The third kappa shape index (κ3) is 2.36. The Hall–Kier alpha value is -1.35. The zero-order chi connectivity index (χ0) is 10.7. The number of carbonyl (C=O) groups excluding carboxylic acids is 1. The van der Waals surface area contributed by atoms with Crippen LogP contribution in [-0.4, -0.2) is 30.4 Å². The molecule has 1 saturated heterocycles. The fourth-order valence-electron chi connectivity index (χ4n) is 1.80. The van der Waals surface area contributed by atoms with Crippen molar-refractivity contribution in [3.05, 3.63) is 35.9 Å². The monoisotopic (exact) mass is 204 g/mol. The van der Waals surface area contributed by atoms with Crippen molar-refractivity contribution < 1.29 is 4.79 Å². The van der Waals surface area contributed by atoms with Gasteiger partial charge in [-0.2, -0.15) is 0 Å². The number of carbonyl (C=O) groups is 1. The number of benzene rings is 1. The Labute approximate surface area is 89.9 Å². The molecule has 1 aliphatic heterocycles. The minimum Gasteiger partial charge on any atom is -0.342 e. The molecule has 2 rings (SSSR count). The van der Waals surface area contributed by atoms with Crippen LogP contribution in [0.1, 0.15) is 5.56 Å². The van der Waals surface area contributed by atoms with Crippen molar-refractivity contribution in [3.8, 4) is 0 Å². The number of likely N-dealkylation sites (tertiary alicyclic amines) is 1. The van der Waals surface area contributed by atoms with Crippen LogP contribution in [0.15, 0.2) is 30.3 Å². The minimum absolute atomic E-state index is 0.214. The summed E-state index contributed by atoms with van der Waals surface area (Å²) in [6.07, 6.45) is 0.512. The maximum Gasteiger partial charge on any atom is 0.227 e. The summed E-state index contributed by atoms with van der Waals surface area (Å²) >= 11 is 0. The standard InChI is InChI=1S/C12H16N2O/c13-7-11-8-14(9-11)12(15)6-10-4-2-1-3-5-10/h1-5,11H,6-9,13H2. The first-order valence-corrected chi connectivity index (χ1v) is 5.31. The van der Waals surface area contributed by atoms with E-state index in [0.717, 1.165) is 18.7 Å². The SMILES string of the molecule is NCC1CN(C(=O)Cc2ccccc2)C1. The molecule has 0 aromatic heterocycles. The van der Waals surface area contributed by atoms with Crippen molar-refractivity contribution in [2.75, 3.05) is 19.6 Å². The van der Waals surface area contributed by atoms with E-state index in [1.54, 1.807) is 0 Å². The van der Waals surface area contributed by atoms with E-state index in [1.807, 2.05) is 35.2 Å². The lowest BCUT2D eigenvalue weighted by Crippen LogP contribution is -2.53. The van der Waals surface area contributed by atoms with Crippen molar-refractivity contribution in [2.24, 2.45) is 11.7 Å². The minimum atomic E-state index is 0.214. The topological polar surface area (TPSA) is 46.3 Å². The van der Waals surface area contributed by atoms with E-state index in [9.17, 15) is 4.79 Å². The Kier molecular flexibility index (Phi) is 3.02. The Balaban J connectivity index is 1.84. The molecule has 2 N–H and O–H groups in total. The van der Waals surface area contributed by atoms with Crippen molar-refractivity contribution in [2.45, 2.75) is 6.42 Å². The molecule has 0 saturated carbocycles. The van der Waals surface area contributed by atoms with E-state index in [-0.39, 0.29) is 5.91 Å².